The number of ether oxygens (including phenoxy) is 1. The number of likely N-dealkylation sites (N-methyl/N-ethyl adjacent to an activating group) is 1. The van der Waals surface area contributed by atoms with Gasteiger partial charge in [-0.25, -0.2) is 4.98 Å². The lowest BCUT2D eigenvalue weighted by Crippen LogP contribution is -2.53. The largest absolute Gasteiger partial charge is 0.356 e. The number of rotatable bonds is 6. The van der Waals surface area contributed by atoms with Gasteiger partial charge in [0.25, 0.3) is 5.91 Å². The first kappa shape index (κ1) is 20.1. The van der Waals surface area contributed by atoms with Gasteiger partial charge in [-0.05, 0) is 31.0 Å². The lowest BCUT2D eigenvalue weighted by Gasteiger charge is -2.38. The maximum Gasteiger partial charge on any atom is 0.251 e. The van der Waals surface area contributed by atoms with Crippen LogP contribution in [0.5, 0.6) is 0 Å². The Bertz CT molecular complexity index is 1040. The van der Waals surface area contributed by atoms with Gasteiger partial charge in [0.2, 0.25) is 5.91 Å². The second-order valence-electron chi connectivity index (χ2n) is 7.66. The molecule has 30 heavy (non-hydrogen) atoms. The predicted octanol–water partition coefficient (Wildman–Crippen LogP) is 2.45. The summed E-state index contributed by atoms with van der Waals surface area (Å²) in [6.45, 7) is 3.19. The van der Waals surface area contributed by atoms with Crippen molar-refractivity contribution >= 4 is 22.8 Å². The van der Waals surface area contributed by atoms with Crippen molar-refractivity contribution in [2.75, 3.05) is 20.2 Å². The fraction of sp³-hybridized carbons (Fsp3) is 0.348. The number of imidazole rings is 1. The molecule has 1 aliphatic rings. The van der Waals surface area contributed by atoms with Gasteiger partial charge < -0.3 is 19.5 Å². The van der Waals surface area contributed by atoms with Crippen molar-refractivity contribution in [2.24, 2.45) is 0 Å². The third-order valence-electron chi connectivity index (χ3n) is 5.56. The number of benzene rings is 2. The lowest BCUT2D eigenvalue weighted by atomic mass is 9.96. The summed E-state index contributed by atoms with van der Waals surface area (Å²) in [4.78, 5) is 31.1. The highest BCUT2D eigenvalue weighted by molar-refractivity contribution is 5.86. The first-order chi connectivity index (χ1) is 14.5. The van der Waals surface area contributed by atoms with E-state index >= 15 is 0 Å². The van der Waals surface area contributed by atoms with Crippen molar-refractivity contribution in [3.8, 4) is 0 Å². The maximum atomic E-state index is 12.9. The molecule has 2 atom stereocenters. The number of hydrogen-bond acceptors (Lipinski definition) is 4. The molecule has 0 aliphatic carbocycles. The van der Waals surface area contributed by atoms with Crippen LogP contribution < -0.4 is 5.32 Å². The van der Waals surface area contributed by atoms with Gasteiger partial charge in [-0.2, -0.15) is 0 Å². The molecule has 3 aromatic rings. The van der Waals surface area contributed by atoms with Gasteiger partial charge in [0.15, 0.2) is 6.10 Å². The van der Waals surface area contributed by atoms with Crippen LogP contribution in [-0.4, -0.2) is 52.6 Å². The number of carbonyl (C=O) groups excluding carboxylic acids is 2. The van der Waals surface area contributed by atoms with Crippen LogP contribution in [0.3, 0.4) is 0 Å². The van der Waals surface area contributed by atoms with Crippen molar-refractivity contribution < 1.29 is 14.3 Å². The number of para-hydroxylation sites is 2. The van der Waals surface area contributed by atoms with Crippen LogP contribution in [-0.2, 0) is 20.9 Å². The molecule has 2 heterocycles. The van der Waals surface area contributed by atoms with Crippen LogP contribution in [0.4, 0.5) is 0 Å². The van der Waals surface area contributed by atoms with E-state index in [1.807, 2.05) is 61.8 Å². The molecule has 0 spiro atoms. The van der Waals surface area contributed by atoms with E-state index in [2.05, 4.69) is 14.9 Å². The number of aromatic nitrogens is 2. The van der Waals surface area contributed by atoms with Gasteiger partial charge in [0.1, 0.15) is 6.61 Å². The second-order valence-corrected chi connectivity index (χ2v) is 7.66. The van der Waals surface area contributed by atoms with Gasteiger partial charge in [-0.3, -0.25) is 9.59 Å². The average Bonchev–Trinajstić information content (AvgIpc) is 3.17. The van der Waals surface area contributed by atoms with Crippen LogP contribution in [0.15, 0.2) is 54.9 Å². The normalized spacial score (nSPS) is 19.3. The molecule has 4 rings (SSSR count). The van der Waals surface area contributed by atoms with Crippen molar-refractivity contribution in [2.45, 2.75) is 32.0 Å². The van der Waals surface area contributed by atoms with Crippen molar-refractivity contribution in [1.82, 2.24) is 19.8 Å². The number of nitrogens with one attached hydrogen (secondary N) is 1. The fourth-order valence-corrected chi connectivity index (χ4v) is 3.84. The standard InChI is InChI=1S/C23H26N4O3/c1-16-8-10-17(11-9-16)21-22(30-14-20(28)26(21)2)23(29)24-12-5-13-27-15-25-18-6-3-4-7-19(18)27/h3-4,6-11,15,21-22H,5,12-14H2,1-2H3,(H,24,29)/t21-,22-/m0/s1. The SMILES string of the molecule is Cc1ccc([C@H]2[C@@H](C(=O)NCCCn3cnc4ccccc43)OCC(=O)N2C)cc1. The molecule has 0 unspecified atom stereocenters. The van der Waals surface area contributed by atoms with Crippen LogP contribution in [0.2, 0.25) is 0 Å². The van der Waals surface area contributed by atoms with Crippen LogP contribution in [0.25, 0.3) is 11.0 Å². The number of amides is 2. The summed E-state index contributed by atoms with van der Waals surface area (Å²) in [6, 6.07) is 15.4. The summed E-state index contributed by atoms with van der Waals surface area (Å²) in [7, 11) is 1.72. The summed E-state index contributed by atoms with van der Waals surface area (Å²) >= 11 is 0. The molecule has 7 heteroatoms. The fourth-order valence-electron chi connectivity index (χ4n) is 3.84. The minimum Gasteiger partial charge on any atom is -0.356 e. The molecule has 1 aliphatic heterocycles. The van der Waals surface area contributed by atoms with Gasteiger partial charge in [-0.15, -0.1) is 0 Å². The van der Waals surface area contributed by atoms with E-state index in [4.69, 9.17) is 4.74 Å². The third-order valence-corrected chi connectivity index (χ3v) is 5.56. The zero-order valence-electron chi connectivity index (χ0n) is 17.2. The predicted molar refractivity (Wildman–Crippen MR) is 114 cm³/mol. The minimum absolute atomic E-state index is 0.0853. The first-order valence-corrected chi connectivity index (χ1v) is 10.2. The van der Waals surface area contributed by atoms with E-state index < -0.39 is 12.1 Å². The van der Waals surface area contributed by atoms with E-state index in [1.54, 1.807) is 11.9 Å². The van der Waals surface area contributed by atoms with Crippen molar-refractivity contribution in [3.63, 3.8) is 0 Å². The number of aryl methyl sites for hydroxylation is 2. The average molecular weight is 406 g/mol. The number of nitrogens with zero attached hydrogens (tertiary/aromatic N) is 3. The second kappa shape index (κ2) is 8.67. The smallest absolute Gasteiger partial charge is 0.251 e. The summed E-state index contributed by atoms with van der Waals surface area (Å²) in [6.07, 6.45) is 1.86. The number of carbonyl (C=O) groups is 2. The van der Waals surface area contributed by atoms with Crippen LogP contribution in [0.1, 0.15) is 23.6 Å². The Morgan fingerprint density at radius 1 is 1.20 bits per heavy atom. The Hall–Kier alpha value is -3.19. The molecule has 2 aromatic carbocycles. The van der Waals surface area contributed by atoms with E-state index in [-0.39, 0.29) is 18.4 Å². The third kappa shape index (κ3) is 4.07. The van der Waals surface area contributed by atoms with E-state index in [0.29, 0.717) is 6.54 Å². The molecule has 7 nitrogen and oxygen atoms in total. The zero-order valence-corrected chi connectivity index (χ0v) is 17.2. The zero-order chi connectivity index (χ0) is 21.1. The quantitative estimate of drug-likeness (QED) is 0.638. The number of morpholine rings is 1. The highest BCUT2D eigenvalue weighted by atomic mass is 16.5. The number of fused-ring (bicyclic) bond motifs is 1. The Morgan fingerprint density at radius 3 is 2.77 bits per heavy atom. The van der Waals surface area contributed by atoms with Gasteiger partial charge in [-0.1, -0.05) is 42.0 Å². The molecule has 0 saturated carbocycles. The molecule has 1 saturated heterocycles. The summed E-state index contributed by atoms with van der Waals surface area (Å²) in [5.74, 6) is -0.327. The molecule has 1 aromatic heterocycles. The number of hydrogen-bond donors (Lipinski definition) is 1. The van der Waals surface area contributed by atoms with E-state index in [9.17, 15) is 9.59 Å². The molecule has 1 fully saturated rings. The Balaban J connectivity index is 1.38. The molecule has 0 bridgehead atoms. The molecular formula is C23H26N4O3. The van der Waals surface area contributed by atoms with Crippen molar-refractivity contribution in [3.05, 3.63) is 66.0 Å². The first-order valence-electron chi connectivity index (χ1n) is 10.2. The molecule has 156 valence electrons. The van der Waals surface area contributed by atoms with Crippen LogP contribution >= 0.6 is 0 Å². The van der Waals surface area contributed by atoms with Gasteiger partial charge in [0, 0.05) is 20.1 Å². The summed E-state index contributed by atoms with van der Waals surface area (Å²) < 4.78 is 7.75. The van der Waals surface area contributed by atoms with Crippen molar-refractivity contribution in [1.29, 1.82) is 0 Å². The molecule has 2 amide bonds. The summed E-state index contributed by atoms with van der Waals surface area (Å²) in [5, 5.41) is 2.97. The van der Waals surface area contributed by atoms with E-state index in [1.165, 1.54) is 0 Å². The lowest BCUT2D eigenvalue weighted by molar-refractivity contribution is -0.162. The molecule has 1 N–H and O–H groups in total. The molecule has 0 radical (unpaired) electrons. The minimum atomic E-state index is -0.732. The maximum absolute atomic E-state index is 12.9. The molecular weight excluding hydrogens is 380 g/mol. The monoisotopic (exact) mass is 406 g/mol. The topological polar surface area (TPSA) is 76.5 Å². The Kier molecular flexibility index (Phi) is 5.81. The Labute approximate surface area is 175 Å². The van der Waals surface area contributed by atoms with Crippen LogP contribution in [0, 0.1) is 6.92 Å². The van der Waals surface area contributed by atoms with Gasteiger partial charge >= 0.3 is 0 Å². The highest BCUT2D eigenvalue weighted by Gasteiger charge is 2.39. The van der Waals surface area contributed by atoms with E-state index in [0.717, 1.165) is 35.1 Å². The Morgan fingerprint density at radius 2 is 1.97 bits per heavy atom. The highest BCUT2D eigenvalue weighted by Crippen LogP contribution is 2.29. The van der Waals surface area contributed by atoms with Gasteiger partial charge in [0.05, 0.1) is 23.4 Å². The summed E-state index contributed by atoms with van der Waals surface area (Å²) in [5.41, 5.74) is 4.06.